The maximum atomic E-state index is 10.8. The van der Waals surface area contributed by atoms with Crippen LogP contribution in [0.5, 0.6) is 0 Å². The molecule has 2 heterocycles. The molecule has 1 N–H and O–H groups in total. The molecule has 16 heavy (non-hydrogen) atoms. The molecule has 0 aromatic carbocycles. The first-order valence-corrected chi connectivity index (χ1v) is 7.01. The van der Waals surface area contributed by atoms with Gasteiger partial charge in [-0.1, -0.05) is 12.8 Å². The molecule has 84 valence electrons. The number of nitrogens with zero attached hydrogens (tertiary/aromatic N) is 1. The van der Waals surface area contributed by atoms with Gasteiger partial charge in [0.2, 0.25) is 0 Å². The molecule has 0 bridgehead atoms. The standard InChI is InChI=1S/C11H11NO2S2/c13-10(14)8-5-7-11(15-8)16-9(12-7)6-3-1-2-4-6/h5-6H,1-4H2,(H,13,14). The normalized spacial score (nSPS) is 17.2. The second-order valence-electron chi connectivity index (χ2n) is 4.12. The van der Waals surface area contributed by atoms with E-state index in [4.69, 9.17) is 5.11 Å². The highest BCUT2D eigenvalue weighted by molar-refractivity contribution is 7.38. The highest BCUT2D eigenvalue weighted by Crippen LogP contribution is 2.40. The van der Waals surface area contributed by atoms with Gasteiger partial charge in [0, 0.05) is 5.92 Å². The number of hydrogen-bond donors (Lipinski definition) is 1. The molecule has 3 nitrogen and oxygen atoms in total. The number of rotatable bonds is 2. The number of aromatic carboxylic acids is 1. The second kappa shape index (κ2) is 3.82. The van der Waals surface area contributed by atoms with Crippen molar-refractivity contribution in [1.82, 2.24) is 4.98 Å². The molecule has 3 rings (SSSR count). The lowest BCUT2D eigenvalue weighted by Gasteiger charge is -2.01. The van der Waals surface area contributed by atoms with Crippen molar-refractivity contribution in [3.8, 4) is 0 Å². The van der Waals surface area contributed by atoms with E-state index in [1.54, 1.807) is 17.4 Å². The highest BCUT2D eigenvalue weighted by atomic mass is 32.2. The van der Waals surface area contributed by atoms with Crippen molar-refractivity contribution in [2.75, 3.05) is 0 Å². The maximum absolute atomic E-state index is 10.8. The predicted molar refractivity (Wildman–Crippen MR) is 65.7 cm³/mol. The van der Waals surface area contributed by atoms with Gasteiger partial charge in [-0.2, -0.15) is 0 Å². The number of thiazole rings is 1. The van der Waals surface area contributed by atoms with Crippen LogP contribution in [0.1, 0.15) is 46.3 Å². The molecule has 1 aliphatic rings. The summed E-state index contributed by atoms with van der Waals surface area (Å²) in [6.45, 7) is 0. The fourth-order valence-corrected chi connectivity index (χ4v) is 4.51. The van der Waals surface area contributed by atoms with Crippen molar-refractivity contribution in [3.63, 3.8) is 0 Å². The molecule has 1 fully saturated rings. The monoisotopic (exact) mass is 253 g/mol. The zero-order valence-corrected chi connectivity index (χ0v) is 10.2. The van der Waals surface area contributed by atoms with Crippen LogP contribution < -0.4 is 0 Å². The van der Waals surface area contributed by atoms with Gasteiger partial charge in [-0.15, -0.1) is 22.7 Å². The summed E-state index contributed by atoms with van der Waals surface area (Å²) in [6.07, 6.45) is 5.09. The van der Waals surface area contributed by atoms with Crippen LogP contribution in [0.25, 0.3) is 9.53 Å². The lowest BCUT2D eigenvalue weighted by Crippen LogP contribution is -1.91. The largest absolute Gasteiger partial charge is 0.477 e. The SMILES string of the molecule is O=C(O)c1cc2nc(C3CCCC3)sc2s1. The molecular weight excluding hydrogens is 242 g/mol. The Balaban J connectivity index is 1.98. The minimum absolute atomic E-state index is 0.395. The first-order valence-electron chi connectivity index (χ1n) is 5.37. The van der Waals surface area contributed by atoms with Gasteiger partial charge in [0.25, 0.3) is 0 Å². The topological polar surface area (TPSA) is 50.2 Å². The maximum Gasteiger partial charge on any atom is 0.345 e. The molecule has 0 unspecified atom stereocenters. The molecule has 0 spiro atoms. The smallest absolute Gasteiger partial charge is 0.345 e. The molecular formula is C11H11NO2S2. The van der Waals surface area contributed by atoms with Gasteiger partial charge in [0.05, 0.1) is 10.5 Å². The van der Waals surface area contributed by atoms with Crippen LogP contribution in [-0.4, -0.2) is 16.1 Å². The quantitative estimate of drug-likeness (QED) is 0.887. The predicted octanol–water partition coefficient (Wildman–Crippen LogP) is 3.71. The van der Waals surface area contributed by atoms with Crippen LogP contribution in [0, 0.1) is 0 Å². The summed E-state index contributed by atoms with van der Waals surface area (Å²) in [6, 6.07) is 1.69. The fourth-order valence-electron chi connectivity index (χ4n) is 2.21. The summed E-state index contributed by atoms with van der Waals surface area (Å²) in [5, 5.41) is 10.1. The number of thiophene rings is 1. The number of carboxylic acids is 1. The van der Waals surface area contributed by atoms with E-state index in [9.17, 15) is 4.79 Å². The third-order valence-corrected chi connectivity index (χ3v) is 5.46. The van der Waals surface area contributed by atoms with Crippen molar-refractivity contribution in [2.45, 2.75) is 31.6 Å². The summed E-state index contributed by atoms with van der Waals surface area (Å²) >= 11 is 3.02. The number of fused-ring (bicyclic) bond motifs is 1. The van der Waals surface area contributed by atoms with Gasteiger partial charge in [0.1, 0.15) is 8.89 Å². The van der Waals surface area contributed by atoms with Gasteiger partial charge in [-0.05, 0) is 18.9 Å². The van der Waals surface area contributed by atoms with Gasteiger partial charge in [-0.25, -0.2) is 9.78 Å². The first kappa shape index (κ1) is 10.2. The molecule has 5 heteroatoms. The molecule has 2 aromatic rings. The summed E-state index contributed by atoms with van der Waals surface area (Å²) < 4.78 is 1.05. The Bertz CT molecular complexity index is 506. The Kier molecular flexibility index (Phi) is 2.44. The minimum Gasteiger partial charge on any atom is -0.477 e. The lowest BCUT2D eigenvalue weighted by molar-refractivity contribution is 0.0702. The average Bonchev–Trinajstić information content (AvgIpc) is 2.91. The van der Waals surface area contributed by atoms with E-state index in [1.807, 2.05) is 0 Å². The lowest BCUT2D eigenvalue weighted by atomic mass is 10.1. The van der Waals surface area contributed by atoms with Gasteiger partial charge in [-0.3, -0.25) is 0 Å². The summed E-state index contributed by atoms with van der Waals surface area (Å²) in [5.41, 5.74) is 0.870. The van der Waals surface area contributed by atoms with E-state index in [0.717, 1.165) is 9.53 Å². The molecule has 2 aromatic heterocycles. The van der Waals surface area contributed by atoms with E-state index < -0.39 is 5.97 Å². The van der Waals surface area contributed by atoms with E-state index >= 15 is 0 Å². The third kappa shape index (κ3) is 1.64. The van der Waals surface area contributed by atoms with Gasteiger partial charge in [0.15, 0.2) is 0 Å². The van der Waals surface area contributed by atoms with Gasteiger partial charge < -0.3 is 5.11 Å². The average molecular weight is 253 g/mol. The zero-order valence-electron chi connectivity index (χ0n) is 8.60. The van der Waals surface area contributed by atoms with Crippen LogP contribution in [0.4, 0.5) is 0 Å². The van der Waals surface area contributed by atoms with Gasteiger partial charge >= 0.3 is 5.97 Å². The van der Waals surface area contributed by atoms with Crippen molar-refractivity contribution in [2.24, 2.45) is 0 Å². The molecule has 0 radical (unpaired) electrons. The summed E-state index contributed by atoms with van der Waals surface area (Å²) in [4.78, 5) is 15.8. The summed E-state index contributed by atoms with van der Waals surface area (Å²) in [5.74, 6) is -0.226. The minimum atomic E-state index is -0.849. The van der Waals surface area contributed by atoms with E-state index in [0.29, 0.717) is 10.8 Å². The Morgan fingerprint density at radius 2 is 2.12 bits per heavy atom. The zero-order chi connectivity index (χ0) is 11.1. The number of carbonyl (C=O) groups is 1. The van der Waals surface area contributed by atoms with Crippen LogP contribution in [-0.2, 0) is 0 Å². The molecule has 1 saturated carbocycles. The second-order valence-corrected chi connectivity index (χ2v) is 6.46. The summed E-state index contributed by atoms with van der Waals surface area (Å²) in [7, 11) is 0. The Labute approximate surface area is 101 Å². The Morgan fingerprint density at radius 3 is 2.75 bits per heavy atom. The first-order chi connectivity index (χ1) is 7.74. The number of hydrogen-bond acceptors (Lipinski definition) is 4. The van der Waals surface area contributed by atoms with Crippen LogP contribution in [0.2, 0.25) is 0 Å². The molecule has 0 saturated heterocycles. The van der Waals surface area contributed by atoms with Crippen molar-refractivity contribution in [3.05, 3.63) is 16.0 Å². The number of aromatic nitrogens is 1. The van der Waals surface area contributed by atoms with Crippen molar-refractivity contribution < 1.29 is 9.90 Å². The highest BCUT2D eigenvalue weighted by Gasteiger charge is 2.22. The van der Waals surface area contributed by atoms with E-state index in [-0.39, 0.29) is 0 Å². The van der Waals surface area contributed by atoms with E-state index in [1.165, 1.54) is 42.0 Å². The number of carboxylic acid groups (broad SMARTS) is 1. The fraction of sp³-hybridized carbons (Fsp3) is 0.455. The van der Waals surface area contributed by atoms with Crippen LogP contribution in [0.3, 0.4) is 0 Å². The molecule has 0 aliphatic heterocycles. The van der Waals surface area contributed by atoms with E-state index in [2.05, 4.69) is 4.98 Å². The Hall–Kier alpha value is -0.940. The third-order valence-electron chi connectivity index (χ3n) is 3.02. The molecule has 0 atom stereocenters. The van der Waals surface area contributed by atoms with Crippen LogP contribution in [0.15, 0.2) is 6.07 Å². The molecule has 1 aliphatic carbocycles. The van der Waals surface area contributed by atoms with Crippen molar-refractivity contribution >= 4 is 38.2 Å². The molecule has 0 amide bonds. The van der Waals surface area contributed by atoms with Crippen LogP contribution >= 0.6 is 22.7 Å². The Morgan fingerprint density at radius 1 is 1.38 bits per heavy atom. The van der Waals surface area contributed by atoms with Crippen molar-refractivity contribution in [1.29, 1.82) is 0 Å².